The predicted octanol–water partition coefficient (Wildman–Crippen LogP) is 2.52. The van der Waals surface area contributed by atoms with Crippen molar-refractivity contribution in [3.05, 3.63) is 27.8 Å². The third-order valence-corrected chi connectivity index (χ3v) is 3.94. The number of hydrogen-bond acceptors (Lipinski definition) is 3. The fourth-order valence-electron chi connectivity index (χ4n) is 2.25. The van der Waals surface area contributed by atoms with Crippen LogP contribution in [-0.2, 0) is 9.59 Å². The lowest BCUT2D eigenvalue weighted by Gasteiger charge is -2.31. The standard InChI is InChI=1S/C14H13IN2O2/c15-10-3-5-11(6-4-10)17-9-1-2-12(14(17)19)13(18)7-8-16/h3-6,12H,1-2,7,9H2/t12-/m0/s1. The normalized spacial score (nSPS) is 19.1. The lowest BCUT2D eigenvalue weighted by Crippen LogP contribution is -2.44. The van der Waals surface area contributed by atoms with E-state index >= 15 is 0 Å². The van der Waals surface area contributed by atoms with Gasteiger partial charge in [-0.3, -0.25) is 9.59 Å². The summed E-state index contributed by atoms with van der Waals surface area (Å²) >= 11 is 2.20. The monoisotopic (exact) mass is 368 g/mol. The van der Waals surface area contributed by atoms with E-state index in [2.05, 4.69) is 22.6 Å². The van der Waals surface area contributed by atoms with Crippen LogP contribution in [0.4, 0.5) is 5.69 Å². The van der Waals surface area contributed by atoms with Crippen molar-refractivity contribution in [3.8, 4) is 6.07 Å². The Hall–Kier alpha value is -1.42. The van der Waals surface area contributed by atoms with Gasteiger partial charge in [0.25, 0.3) is 0 Å². The number of carbonyl (C=O) groups excluding carboxylic acids is 2. The van der Waals surface area contributed by atoms with E-state index in [0.717, 1.165) is 15.7 Å². The van der Waals surface area contributed by atoms with E-state index in [1.165, 1.54) is 0 Å². The molecule has 4 nitrogen and oxygen atoms in total. The SMILES string of the molecule is N#CCC(=O)[C@@H]1CCCN(c2ccc(I)cc2)C1=O. The Bertz CT molecular complexity index is 533. The molecule has 2 rings (SSSR count). The number of halogens is 1. The van der Waals surface area contributed by atoms with Crippen LogP contribution in [0.5, 0.6) is 0 Å². The summed E-state index contributed by atoms with van der Waals surface area (Å²) in [6.07, 6.45) is 1.16. The Kier molecular flexibility index (Phi) is 4.53. The summed E-state index contributed by atoms with van der Waals surface area (Å²) in [5, 5.41) is 8.57. The summed E-state index contributed by atoms with van der Waals surface area (Å²) in [4.78, 5) is 25.7. The van der Waals surface area contributed by atoms with Gasteiger partial charge in [0.2, 0.25) is 5.91 Å². The highest BCUT2D eigenvalue weighted by Gasteiger charge is 2.34. The van der Waals surface area contributed by atoms with Gasteiger partial charge in [-0.05, 0) is 59.7 Å². The van der Waals surface area contributed by atoms with Crippen molar-refractivity contribution in [2.75, 3.05) is 11.4 Å². The van der Waals surface area contributed by atoms with Crippen LogP contribution in [0.15, 0.2) is 24.3 Å². The predicted molar refractivity (Wildman–Crippen MR) is 79.5 cm³/mol. The summed E-state index contributed by atoms with van der Waals surface area (Å²) in [5.74, 6) is -1.08. The van der Waals surface area contributed by atoms with Gasteiger partial charge in [0, 0.05) is 15.8 Å². The first kappa shape index (κ1) is 14.0. The van der Waals surface area contributed by atoms with Gasteiger partial charge in [-0.1, -0.05) is 0 Å². The second-order valence-electron chi connectivity index (χ2n) is 4.46. The molecule has 0 N–H and O–H groups in total. The van der Waals surface area contributed by atoms with Crippen molar-refractivity contribution in [1.82, 2.24) is 0 Å². The van der Waals surface area contributed by atoms with Gasteiger partial charge in [0.1, 0.15) is 0 Å². The molecule has 1 aromatic carbocycles. The molecule has 0 spiro atoms. The Morgan fingerprint density at radius 1 is 1.42 bits per heavy atom. The van der Waals surface area contributed by atoms with Crippen LogP contribution in [0, 0.1) is 20.8 Å². The number of ketones is 1. The zero-order valence-electron chi connectivity index (χ0n) is 10.3. The van der Waals surface area contributed by atoms with Crippen LogP contribution in [0.25, 0.3) is 0 Å². The zero-order chi connectivity index (χ0) is 13.8. The van der Waals surface area contributed by atoms with E-state index in [0.29, 0.717) is 13.0 Å². The Labute approximate surface area is 125 Å². The maximum Gasteiger partial charge on any atom is 0.237 e. The van der Waals surface area contributed by atoms with E-state index in [1.54, 1.807) is 4.90 Å². The van der Waals surface area contributed by atoms with Gasteiger partial charge < -0.3 is 4.90 Å². The van der Waals surface area contributed by atoms with Crippen LogP contribution >= 0.6 is 22.6 Å². The molecule has 1 heterocycles. The van der Waals surface area contributed by atoms with E-state index < -0.39 is 5.92 Å². The van der Waals surface area contributed by atoms with Gasteiger partial charge >= 0.3 is 0 Å². The second kappa shape index (κ2) is 6.15. The number of carbonyl (C=O) groups is 2. The van der Waals surface area contributed by atoms with E-state index in [9.17, 15) is 9.59 Å². The fraction of sp³-hybridized carbons (Fsp3) is 0.357. The minimum Gasteiger partial charge on any atom is -0.312 e. The summed E-state index contributed by atoms with van der Waals surface area (Å²) in [6, 6.07) is 9.47. The molecule has 0 bridgehead atoms. The van der Waals surface area contributed by atoms with E-state index in [-0.39, 0.29) is 18.1 Å². The van der Waals surface area contributed by atoms with Crippen molar-refractivity contribution < 1.29 is 9.59 Å². The Morgan fingerprint density at radius 3 is 2.74 bits per heavy atom. The third-order valence-electron chi connectivity index (χ3n) is 3.22. The van der Waals surface area contributed by atoms with Gasteiger partial charge in [0.05, 0.1) is 18.4 Å². The number of nitrogens with zero attached hydrogens (tertiary/aromatic N) is 2. The van der Waals surface area contributed by atoms with E-state index in [4.69, 9.17) is 5.26 Å². The molecule has 1 amide bonds. The summed E-state index contributed by atoms with van der Waals surface area (Å²) in [5.41, 5.74) is 0.819. The molecular weight excluding hydrogens is 355 g/mol. The molecule has 1 aromatic rings. The minimum absolute atomic E-state index is 0.173. The van der Waals surface area contributed by atoms with E-state index in [1.807, 2.05) is 30.3 Å². The molecular formula is C14H13IN2O2. The smallest absolute Gasteiger partial charge is 0.237 e. The molecule has 0 aromatic heterocycles. The van der Waals surface area contributed by atoms with Crippen molar-refractivity contribution in [3.63, 3.8) is 0 Å². The van der Waals surface area contributed by atoms with Crippen LogP contribution in [-0.4, -0.2) is 18.2 Å². The molecule has 0 unspecified atom stereocenters. The first-order chi connectivity index (χ1) is 9.13. The van der Waals surface area contributed by atoms with Crippen LogP contribution in [0.2, 0.25) is 0 Å². The number of benzene rings is 1. The van der Waals surface area contributed by atoms with Crippen molar-refractivity contribution in [2.45, 2.75) is 19.3 Å². The first-order valence-corrected chi connectivity index (χ1v) is 7.18. The average Bonchev–Trinajstić information content (AvgIpc) is 2.40. The van der Waals surface area contributed by atoms with Crippen LogP contribution in [0.3, 0.4) is 0 Å². The molecule has 0 saturated carbocycles. The summed E-state index contributed by atoms with van der Waals surface area (Å²) in [6.45, 7) is 0.635. The second-order valence-corrected chi connectivity index (χ2v) is 5.71. The number of amides is 1. The molecule has 1 fully saturated rings. The van der Waals surface area contributed by atoms with Gasteiger partial charge in [-0.25, -0.2) is 0 Å². The highest BCUT2D eigenvalue weighted by Crippen LogP contribution is 2.26. The lowest BCUT2D eigenvalue weighted by atomic mass is 9.91. The minimum atomic E-state index is -0.646. The maximum absolute atomic E-state index is 12.3. The van der Waals surface area contributed by atoms with Crippen molar-refractivity contribution in [2.24, 2.45) is 5.92 Å². The largest absolute Gasteiger partial charge is 0.312 e. The molecule has 0 aliphatic carbocycles. The molecule has 19 heavy (non-hydrogen) atoms. The van der Waals surface area contributed by atoms with Gasteiger partial charge in [0.15, 0.2) is 5.78 Å². The van der Waals surface area contributed by atoms with Crippen LogP contribution in [0.1, 0.15) is 19.3 Å². The number of hydrogen-bond donors (Lipinski definition) is 0. The molecule has 5 heteroatoms. The summed E-state index contributed by atoms with van der Waals surface area (Å²) in [7, 11) is 0. The zero-order valence-corrected chi connectivity index (χ0v) is 12.5. The Morgan fingerprint density at radius 2 is 2.11 bits per heavy atom. The highest BCUT2D eigenvalue weighted by atomic mass is 127. The molecule has 1 atom stereocenters. The molecule has 1 aliphatic heterocycles. The average molecular weight is 368 g/mol. The topological polar surface area (TPSA) is 61.2 Å². The maximum atomic E-state index is 12.3. The molecule has 1 aliphatic rings. The lowest BCUT2D eigenvalue weighted by molar-refractivity contribution is -0.133. The highest BCUT2D eigenvalue weighted by molar-refractivity contribution is 14.1. The number of anilines is 1. The quantitative estimate of drug-likeness (QED) is 0.609. The van der Waals surface area contributed by atoms with Crippen molar-refractivity contribution in [1.29, 1.82) is 5.26 Å². The first-order valence-electron chi connectivity index (χ1n) is 6.10. The third kappa shape index (κ3) is 3.13. The van der Waals surface area contributed by atoms with Crippen LogP contribution < -0.4 is 4.90 Å². The van der Waals surface area contributed by atoms with Gasteiger partial charge in [-0.2, -0.15) is 5.26 Å². The van der Waals surface area contributed by atoms with Gasteiger partial charge in [-0.15, -0.1) is 0 Å². The fourth-order valence-corrected chi connectivity index (χ4v) is 2.61. The van der Waals surface area contributed by atoms with Crippen molar-refractivity contribution >= 4 is 40.0 Å². The molecule has 0 radical (unpaired) electrons. The number of piperidine rings is 1. The number of Topliss-reactive ketones (excluding diaryl/α,β-unsaturated/α-hetero) is 1. The number of nitriles is 1. The number of rotatable bonds is 3. The Balaban J connectivity index is 2.19. The molecule has 98 valence electrons. The molecule has 1 saturated heterocycles. The summed E-state index contributed by atoms with van der Waals surface area (Å²) < 4.78 is 1.10.